The highest BCUT2D eigenvalue weighted by Crippen LogP contribution is 2.29. The molecular weight excluding hydrogens is 364 g/mol. The lowest BCUT2D eigenvalue weighted by molar-refractivity contribution is -0.139. The van der Waals surface area contributed by atoms with Crippen molar-refractivity contribution in [1.29, 1.82) is 0 Å². The molecule has 0 spiro atoms. The molecule has 152 valence electrons. The van der Waals surface area contributed by atoms with E-state index in [2.05, 4.69) is 15.8 Å². The molecule has 1 atom stereocenters. The average molecular weight is 390 g/mol. The summed E-state index contributed by atoms with van der Waals surface area (Å²) in [6.45, 7) is 3.90. The number of carbonyl (C=O) groups excluding carboxylic acids is 3. The highest BCUT2D eigenvalue weighted by molar-refractivity contribution is 6.35. The Bertz CT molecular complexity index is 759. The molecule has 2 N–H and O–H groups in total. The van der Waals surface area contributed by atoms with E-state index in [1.54, 1.807) is 39.2 Å². The summed E-state index contributed by atoms with van der Waals surface area (Å²) in [5.74, 6) is -0.806. The van der Waals surface area contributed by atoms with E-state index in [0.717, 1.165) is 12.8 Å². The number of hydrogen-bond donors (Lipinski definition) is 2. The molecule has 1 aliphatic rings. The number of ether oxygens (including phenoxy) is 2. The third-order valence-corrected chi connectivity index (χ3v) is 3.86. The van der Waals surface area contributed by atoms with Gasteiger partial charge < -0.3 is 19.7 Å². The zero-order valence-corrected chi connectivity index (χ0v) is 16.5. The van der Waals surface area contributed by atoms with Gasteiger partial charge in [-0.15, -0.1) is 0 Å². The van der Waals surface area contributed by atoms with Crippen LogP contribution in [0.15, 0.2) is 23.3 Å². The maximum Gasteiger partial charge on any atom is 0.329 e. The van der Waals surface area contributed by atoms with Crippen LogP contribution in [0.1, 0.15) is 32.3 Å². The maximum absolute atomic E-state index is 12.0. The Labute approximate surface area is 164 Å². The van der Waals surface area contributed by atoms with Gasteiger partial charge in [-0.05, 0) is 50.5 Å². The van der Waals surface area contributed by atoms with Gasteiger partial charge in [0.25, 0.3) is 5.91 Å². The molecular formula is C19H26N4O5. The van der Waals surface area contributed by atoms with E-state index in [1.165, 1.54) is 11.1 Å². The number of likely N-dealkylation sites (N-methyl/N-ethyl adjacent to an activating group) is 1. The summed E-state index contributed by atoms with van der Waals surface area (Å²) < 4.78 is 11.3. The quantitative estimate of drug-likeness (QED) is 0.385. The number of benzene rings is 1. The lowest BCUT2D eigenvalue weighted by Crippen LogP contribution is -2.38. The summed E-state index contributed by atoms with van der Waals surface area (Å²) in [6, 6.07) is 5.13. The average Bonchev–Trinajstić information content (AvgIpc) is 3.46. The molecule has 1 fully saturated rings. The fourth-order valence-corrected chi connectivity index (χ4v) is 2.27. The number of carbonyl (C=O) groups is 3. The van der Waals surface area contributed by atoms with Gasteiger partial charge in [0.2, 0.25) is 0 Å². The van der Waals surface area contributed by atoms with Gasteiger partial charge >= 0.3 is 11.8 Å². The molecule has 3 amide bonds. The van der Waals surface area contributed by atoms with Crippen molar-refractivity contribution in [2.45, 2.75) is 38.8 Å². The number of nitrogens with zero attached hydrogens (tertiary/aromatic N) is 2. The summed E-state index contributed by atoms with van der Waals surface area (Å²) in [6.07, 6.45) is 2.52. The number of amides is 3. The summed E-state index contributed by atoms with van der Waals surface area (Å²) in [7, 11) is 3.31. The van der Waals surface area contributed by atoms with E-state index in [1.807, 2.05) is 6.92 Å². The van der Waals surface area contributed by atoms with Crippen molar-refractivity contribution < 1.29 is 23.9 Å². The van der Waals surface area contributed by atoms with Crippen LogP contribution in [0, 0.1) is 0 Å². The van der Waals surface area contributed by atoms with Crippen LogP contribution in [0.25, 0.3) is 0 Å². The molecule has 0 unspecified atom stereocenters. The number of hydrazone groups is 1. The Hall–Kier alpha value is -3.10. The van der Waals surface area contributed by atoms with Gasteiger partial charge in [-0.3, -0.25) is 14.4 Å². The van der Waals surface area contributed by atoms with E-state index >= 15 is 0 Å². The Morgan fingerprint density at radius 1 is 1.25 bits per heavy atom. The predicted octanol–water partition coefficient (Wildman–Crippen LogP) is 0.670. The summed E-state index contributed by atoms with van der Waals surface area (Å²) in [5, 5.41) is 6.37. The molecule has 2 rings (SSSR count). The van der Waals surface area contributed by atoms with Crippen LogP contribution in [0.5, 0.6) is 11.5 Å². The smallest absolute Gasteiger partial charge is 0.329 e. The third-order valence-electron chi connectivity index (χ3n) is 3.86. The number of rotatable bonds is 8. The molecule has 9 nitrogen and oxygen atoms in total. The molecule has 0 heterocycles. The fourth-order valence-electron chi connectivity index (χ4n) is 2.27. The first-order valence-electron chi connectivity index (χ1n) is 9.10. The molecule has 0 bridgehead atoms. The van der Waals surface area contributed by atoms with E-state index in [-0.39, 0.29) is 11.9 Å². The van der Waals surface area contributed by atoms with Crippen molar-refractivity contribution in [3.8, 4) is 11.5 Å². The van der Waals surface area contributed by atoms with E-state index < -0.39 is 17.9 Å². The SMILES string of the molecule is CCOc1cc(/C=N\NC(=O)C(=O)NC2CC2)ccc1O[C@@H](C)C(=O)N(C)C. The van der Waals surface area contributed by atoms with E-state index in [4.69, 9.17) is 9.47 Å². The predicted molar refractivity (Wildman–Crippen MR) is 103 cm³/mol. The number of nitrogens with one attached hydrogen (secondary N) is 2. The third kappa shape index (κ3) is 6.26. The fraction of sp³-hybridized carbons (Fsp3) is 0.474. The maximum atomic E-state index is 12.0. The molecule has 1 aromatic rings. The minimum absolute atomic E-state index is 0.102. The zero-order chi connectivity index (χ0) is 20.7. The second-order valence-electron chi connectivity index (χ2n) is 6.58. The highest BCUT2D eigenvalue weighted by Gasteiger charge is 2.26. The summed E-state index contributed by atoms with van der Waals surface area (Å²) in [4.78, 5) is 36.6. The minimum atomic E-state index is -0.816. The molecule has 0 radical (unpaired) electrons. The van der Waals surface area contributed by atoms with Crippen LogP contribution in [0.4, 0.5) is 0 Å². The monoisotopic (exact) mass is 390 g/mol. The first-order valence-corrected chi connectivity index (χ1v) is 9.10. The lowest BCUT2D eigenvalue weighted by atomic mass is 10.2. The van der Waals surface area contributed by atoms with Gasteiger partial charge in [0.05, 0.1) is 12.8 Å². The Morgan fingerprint density at radius 3 is 2.57 bits per heavy atom. The molecule has 1 aromatic carbocycles. The van der Waals surface area contributed by atoms with Gasteiger partial charge in [0, 0.05) is 20.1 Å². The van der Waals surface area contributed by atoms with Crippen molar-refractivity contribution in [3.05, 3.63) is 23.8 Å². The van der Waals surface area contributed by atoms with Crippen LogP contribution in [-0.2, 0) is 14.4 Å². The van der Waals surface area contributed by atoms with Crippen LogP contribution in [0.3, 0.4) is 0 Å². The lowest BCUT2D eigenvalue weighted by Gasteiger charge is -2.20. The van der Waals surface area contributed by atoms with Crippen molar-refractivity contribution >= 4 is 23.9 Å². The van der Waals surface area contributed by atoms with Gasteiger partial charge in [0.15, 0.2) is 17.6 Å². The molecule has 0 saturated heterocycles. The molecule has 0 aliphatic heterocycles. The summed E-state index contributed by atoms with van der Waals surface area (Å²) in [5.41, 5.74) is 2.82. The first-order chi connectivity index (χ1) is 13.3. The molecule has 28 heavy (non-hydrogen) atoms. The highest BCUT2D eigenvalue weighted by atomic mass is 16.5. The minimum Gasteiger partial charge on any atom is -0.490 e. The largest absolute Gasteiger partial charge is 0.490 e. The van der Waals surface area contributed by atoms with Crippen molar-refractivity contribution in [3.63, 3.8) is 0 Å². The van der Waals surface area contributed by atoms with Gasteiger partial charge in [-0.2, -0.15) is 5.10 Å². The normalized spacial score (nSPS) is 14.3. The zero-order valence-electron chi connectivity index (χ0n) is 16.5. The Kier molecular flexibility index (Phi) is 7.36. The molecule has 1 aliphatic carbocycles. The second kappa shape index (κ2) is 9.72. The number of hydrogen-bond acceptors (Lipinski definition) is 6. The van der Waals surface area contributed by atoms with E-state index in [0.29, 0.717) is 23.7 Å². The van der Waals surface area contributed by atoms with Crippen molar-refractivity contribution in [2.75, 3.05) is 20.7 Å². The van der Waals surface area contributed by atoms with Crippen LogP contribution in [0.2, 0.25) is 0 Å². The van der Waals surface area contributed by atoms with Crippen LogP contribution >= 0.6 is 0 Å². The van der Waals surface area contributed by atoms with Gasteiger partial charge in [-0.1, -0.05) is 0 Å². The Morgan fingerprint density at radius 2 is 1.96 bits per heavy atom. The second-order valence-corrected chi connectivity index (χ2v) is 6.58. The first kappa shape index (κ1) is 21.2. The van der Waals surface area contributed by atoms with Crippen LogP contribution < -0.4 is 20.2 Å². The molecule has 9 heteroatoms. The molecule has 1 saturated carbocycles. The van der Waals surface area contributed by atoms with Crippen molar-refractivity contribution in [1.82, 2.24) is 15.6 Å². The van der Waals surface area contributed by atoms with Gasteiger partial charge in [0.1, 0.15) is 0 Å². The standard InChI is InChI=1S/C19H26N4O5/c1-5-27-16-10-13(6-9-15(16)28-12(2)19(26)23(3)4)11-20-22-18(25)17(24)21-14-7-8-14/h6,9-12,14H,5,7-8H2,1-4H3,(H,21,24)(H,22,25)/b20-11-/t12-/m0/s1. The van der Waals surface area contributed by atoms with Crippen molar-refractivity contribution in [2.24, 2.45) is 5.10 Å². The Balaban J connectivity index is 2.01. The summed E-state index contributed by atoms with van der Waals surface area (Å²) >= 11 is 0. The van der Waals surface area contributed by atoms with E-state index in [9.17, 15) is 14.4 Å². The molecule has 0 aromatic heterocycles. The topological polar surface area (TPSA) is 109 Å². The van der Waals surface area contributed by atoms with Gasteiger partial charge in [-0.25, -0.2) is 5.43 Å². The van der Waals surface area contributed by atoms with Crippen LogP contribution in [-0.4, -0.2) is 61.7 Å².